The van der Waals surface area contributed by atoms with Gasteiger partial charge in [0.15, 0.2) is 0 Å². The third-order valence-electron chi connectivity index (χ3n) is 2.75. The quantitative estimate of drug-likeness (QED) is 0.729. The molecule has 110 valence electrons. The van der Waals surface area contributed by atoms with E-state index in [-0.39, 0.29) is 4.21 Å². The van der Waals surface area contributed by atoms with Crippen LogP contribution in [0.15, 0.2) is 14.1 Å². The smallest absolute Gasteiger partial charge is 0.250 e. The van der Waals surface area contributed by atoms with Crippen molar-refractivity contribution in [3.05, 3.63) is 14.9 Å². The van der Waals surface area contributed by atoms with E-state index >= 15 is 0 Å². The van der Waals surface area contributed by atoms with Gasteiger partial charge >= 0.3 is 0 Å². The summed E-state index contributed by atoms with van der Waals surface area (Å²) in [5.74, 6) is 0. The number of hydrogen-bond donors (Lipinski definition) is 1. The fraction of sp³-hybridized carbons (Fsp3) is 0.636. The number of rotatable bonds is 7. The summed E-state index contributed by atoms with van der Waals surface area (Å²) < 4.78 is 27.4. The molecule has 0 radical (unpaired) electrons. The molecular formula is C11H18BrClN2O2S2. The van der Waals surface area contributed by atoms with E-state index in [0.29, 0.717) is 21.4 Å². The molecule has 0 aliphatic heterocycles. The molecule has 0 saturated carbocycles. The van der Waals surface area contributed by atoms with Crippen LogP contribution in [0.3, 0.4) is 0 Å². The van der Waals surface area contributed by atoms with Gasteiger partial charge in [0.25, 0.3) is 0 Å². The van der Waals surface area contributed by atoms with Crippen LogP contribution in [0.5, 0.6) is 0 Å². The molecule has 1 rings (SSSR count). The van der Waals surface area contributed by atoms with Crippen LogP contribution in [0.4, 0.5) is 0 Å². The molecule has 4 nitrogen and oxygen atoms in total. The van der Waals surface area contributed by atoms with Crippen molar-refractivity contribution in [1.29, 1.82) is 0 Å². The summed E-state index contributed by atoms with van der Waals surface area (Å²) in [4.78, 5) is 2.17. The van der Waals surface area contributed by atoms with Crippen molar-refractivity contribution in [3.8, 4) is 0 Å². The summed E-state index contributed by atoms with van der Waals surface area (Å²) in [6.07, 6.45) is 0.772. The Morgan fingerprint density at radius 3 is 2.63 bits per heavy atom. The van der Waals surface area contributed by atoms with Gasteiger partial charge in [0.1, 0.15) is 4.21 Å². The Morgan fingerprint density at radius 2 is 2.16 bits per heavy atom. The number of thiophene rings is 1. The van der Waals surface area contributed by atoms with E-state index in [1.165, 1.54) is 6.07 Å². The molecule has 0 atom stereocenters. The van der Waals surface area contributed by atoms with Gasteiger partial charge in [-0.15, -0.1) is 11.3 Å². The average Bonchev–Trinajstić information content (AvgIpc) is 2.65. The predicted molar refractivity (Wildman–Crippen MR) is 84.6 cm³/mol. The van der Waals surface area contributed by atoms with E-state index in [1.54, 1.807) is 0 Å². The number of halogens is 2. The Balaban J connectivity index is 2.48. The molecular weight excluding hydrogens is 372 g/mol. The highest BCUT2D eigenvalue weighted by molar-refractivity contribution is 9.11. The van der Waals surface area contributed by atoms with Crippen molar-refractivity contribution < 1.29 is 8.42 Å². The van der Waals surface area contributed by atoms with Crippen molar-refractivity contribution >= 4 is 48.9 Å². The summed E-state index contributed by atoms with van der Waals surface area (Å²) >= 11 is 10.2. The van der Waals surface area contributed by atoms with Crippen molar-refractivity contribution in [2.75, 3.05) is 20.1 Å². The van der Waals surface area contributed by atoms with Gasteiger partial charge in [0.2, 0.25) is 10.0 Å². The maximum atomic E-state index is 12.0. The van der Waals surface area contributed by atoms with E-state index in [9.17, 15) is 8.42 Å². The normalized spacial score (nSPS) is 12.6. The van der Waals surface area contributed by atoms with E-state index in [2.05, 4.69) is 39.4 Å². The molecule has 1 aromatic heterocycles. The molecule has 1 N–H and O–H groups in total. The third kappa shape index (κ3) is 5.32. The standard InChI is InChI=1S/C11H18BrClN2O2S2/c1-8(2)15(3)6-4-5-14-19(16,17)10-7-9(13)11(12)18-10/h7-8,14H,4-6H2,1-3H3. The Hall–Kier alpha value is 0.340. The van der Waals surface area contributed by atoms with Gasteiger partial charge in [-0.2, -0.15) is 0 Å². The van der Waals surface area contributed by atoms with Crippen LogP contribution in [-0.4, -0.2) is 39.5 Å². The van der Waals surface area contributed by atoms with Crippen LogP contribution < -0.4 is 4.72 Å². The third-order valence-corrected chi connectivity index (χ3v) is 7.16. The van der Waals surface area contributed by atoms with Gasteiger partial charge in [0, 0.05) is 12.6 Å². The van der Waals surface area contributed by atoms with Gasteiger partial charge in [-0.3, -0.25) is 0 Å². The number of hydrogen-bond acceptors (Lipinski definition) is 4. The molecule has 0 amide bonds. The van der Waals surface area contributed by atoms with Crippen molar-refractivity contribution in [2.24, 2.45) is 0 Å². The first-order valence-electron chi connectivity index (χ1n) is 5.89. The Labute approximate surface area is 132 Å². The molecule has 0 bridgehead atoms. The van der Waals surface area contributed by atoms with Gasteiger partial charge in [0.05, 0.1) is 8.81 Å². The number of sulfonamides is 1. The van der Waals surface area contributed by atoms with Crippen LogP contribution in [0.2, 0.25) is 5.02 Å². The minimum atomic E-state index is -3.44. The lowest BCUT2D eigenvalue weighted by molar-refractivity contribution is 0.271. The highest BCUT2D eigenvalue weighted by Gasteiger charge is 2.18. The molecule has 0 aliphatic rings. The summed E-state index contributed by atoms with van der Waals surface area (Å²) in [6, 6.07) is 1.92. The second-order valence-corrected chi connectivity index (χ2v) is 9.28. The molecule has 0 unspecified atom stereocenters. The second kappa shape index (κ2) is 7.38. The molecule has 1 aromatic rings. The lowest BCUT2D eigenvalue weighted by Gasteiger charge is -2.20. The van der Waals surface area contributed by atoms with Crippen LogP contribution in [0.25, 0.3) is 0 Å². The Kier molecular flexibility index (Phi) is 6.75. The molecule has 8 heteroatoms. The lowest BCUT2D eigenvalue weighted by atomic mass is 10.3. The SMILES string of the molecule is CC(C)N(C)CCCNS(=O)(=O)c1cc(Cl)c(Br)s1. The zero-order valence-corrected chi connectivity index (χ0v) is 15.1. The Morgan fingerprint density at radius 1 is 1.53 bits per heavy atom. The van der Waals surface area contributed by atoms with E-state index < -0.39 is 10.0 Å². The molecule has 19 heavy (non-hydrogen) atoms. The predicted octanol–water partition coefficient (Wildman–Crippen LogP) is 3.17. The Bertz CT molecular complexity index is 497. The molecule has 1 heterocycles. The van der Waals surface area contributed by atoms with Crippen molar-refractivity contribution in [3.63, 3.8) is 0 Å². The largest absolute Gasteiger partial charge is 0.304 e. The van der Waals surface area contributed by atoms with Gasteiger partial charge in [-0.25, -0.2) is 13.1 Å². The van der Waals surface area contributed by atoms with E-state index in [4.69, 9.17) is 11.6 Å². The molecule has 0 fully saturated rings. The average molecular weight is 390 g/mol. The maximum Gasteiger partial charge on any atom is 0.250 e. The first-order valence-corrected chi connectivity index (χ1v) is 9.36. The van der Waals surface area contributed by atoms with Crippen LogP contribution in [0, 0.1) is 0 Å². The fourth-order valence-corrected chi connectivity index (χ4v) is 4.84. The van der Waals surface area contributed by atoms with Crippen LogP contribution in [0.1, 0.15) is 20.3 Å². The van der Waals surface area contributed by atoms with Gasteiger partial charge < -0.3 is 4.90 Å². The summed E-state index contributed by atoms with van der Waals surface area (Å²) in [6.45, 7) is 5.49. The monoisotopic (exact) mass is 388 g/mol. The zero-order chi connectivity index (χ0) is 14.6. The zero-order valence-electron chi connectivity index (χ0n) is 11.1. The highest BCUT2D eigenvalue weighted by Crippen LogP contribution is 2.34. The summed E-state index contributed by atoms with van der Waals surface area (Å²) in [5, 5.41) is 0.421. The fourth-order valence-electron chi connectivity index (χ4n) is 1.32. The van der Waals surface area contributed by atoms with Gasteiger partial charge in [-0.1, -0.05) is 11.6 Å². The maximum absolute atomic E-state index is 12.0. The van der Waals surface area contributed by atoms with Crippen LogP contribution in [-0.2, 0) is 10.0 Å². The molecule has 0 spiro atoms. The second-order valence-electron chi connectivity index (χ2n) is 4.51. The van der Waals surface area contributed by atoms with Crippen molar-refractivity contribution in [2.45, 2.75) is 30.5 Å². The number of nitrogens with zero attached hydrogens (tertiary/aromatic N) is 1. The minimum Gasteiger partial charge on any atom is -0.304 e. The van der Waals surface area contributed by atoms with E-state index in [0.717, 1.165) is 24.3 Å². The van der Waals surface area contributed by atoms with E-state index in [1.807, 2.05) is 7.05 Å². The minimum absolute atomic E-state index is 0.238. The molecule has 0 aromatic carbocycles. The summed E-state index contributed by atoms with van der Waals surface area (Å²) in [7, 11) is -1.42. The summed E-state index contributed by atoms with van der Waals surface area (Å²) in [5.41, 5.74) is 0. The van der Waals surface area contributed by atoms with Crippen LogP contribution >= 0.6 is 38.9 Å². The van der Waals surface area contributed by atoms with Crippen molar-refractivity contribution in [1.82, 2.24) is 9.62 Å². The first-order chi connectivity index (χ1) is 8.74. The lowest BCUT2D eigenvalue weighted by Crippen LogP contribution is -2.31. The molecule has 0 aliphatic carbocycles. The topological polar surface area (TPSA) is 49.4 Å². The highest BCUT2D eigenvalue weighted by atomic mass is 79.9. The first kappa shape index (κ1) is 17.4. The molecule has 0 saturated heterocycles. The van der Waals surface area contributed by atoms with Gasteiger partial charge in [-0.05, 0) is 55.9 Å². The number of nitrogens with one attached hydrogen (secondary N) is 1.